The summed E-state index contributed by atoms with van der Waals surface area (Å²) in [6.45, 7) is 0. The van der Waals surface area contributed by atoms with Gasteiger partial charge in [0.25, 0.3) is 0 Å². The fourth-order valence-electron chi connectivity index (χ4n) is 4.03. The predicted molar refractivity (Wildman–Crippen MR) is 119 cm³/mol. The Morgan fingerprint density at radius 1 is 1.03 bits per heavy atom. The fourth-order valence-corrected chi connectivity index (χ4v) is 4.03. The highest BCUT2D eigenvalue weighted by molar-refractivity contribution is 5.83. The van der Waals surface area contributed by atoms with Gasteiger partial charge in [-0.3, -0.25) is 0 Å². The molecule has 3 N–H and O–H groups in total. The van der Waals surface area contributed by atoms with Crippen molar-refractivity contribution in [3.63, 3.8) is 0 Å². The van der Waals surface area contributed by atoms with Gasteiger partial charge in [0.05, 0.1) is 22.0 Å². The van der Waals surface area contributed by atoms with Crippen LogP contribution in [0, 0.1) is 0 Å². The Kier molecular flexibility index (Phi) is 4.33. The maximum Gasteiger partial charge on any atom is 0.416 e. The van der Waals surface area contributed by atoms with Crippen molar-refractivity contribution >= 4 is 33.7 Å². The molecule has 1 aliphatic carbocycles. The summed E-state index contributed by atoms with van der Waals surface area (Å²) in [5.41, 5.74) is 2.20. The van der Waals surface area contributed by atoms with Crippen molar-refractivity contribution in [2.75, 3.05) is 5.32 Å². The molecule has 5 aromatic rings. The number of nitrogens with one attached hydrogen (secondary N) is 3. The minimum atomic E-state index is -4.40. The van der Waals surface area contributed by atoms with E-state index in [9.17, 15) is 13.2 Å². The van der Waals surface area contributed by atoms with Gasteiger partial charge in [0.1, 0.15) is 17.1 Å². The van der Waals surface area contributed by atoms with E-state index >= 15 is 0 Å². The average molecular weight is 449 g/mol. The molecule has 33 heavy (non-hydrogen) atoms. The molecule has 0 aliphatic heterocycles. The molecule has 2 aromatic carbocycles. The van der Waals surface area contributed by atoms with Gasteiger partial charge in [-0.1, -0.05) is 6.07 Å². The van der Waals surface area contributed by atoms with Gasteiger partial charge in [-0.15, -0.1) is 0 Å². The average Bonchev–Trinajstić information content (AvgIpc) is 3.37. The van der Waals surface area contributed by atoms with Crippen LogP contribution in [-0.4, -0.2) is 19.9 Å². The van der Waals surface area contributed by atoms with Gasteiger partial charge in [0.2, 0.25) is 5.95 Å². The molecule has 3 heterocycles. The number of rotatable bonds is 5. The van der Waals surface area contributed by atoms with E-state index < -0.39 is 11.7 Å². The van der Waals surface area contributed by atoms with Crippen LogP contribution < -0.4 is 10.1 Å². The molecule has 1 fully saturated rings. The number of anilines is 2. The molecule has 0 unspecified atom stereocenters. The second-order valence-electron chi connectivity index (χ2n) is 8.11. The molecule has 1 saturated carbocycles. The lowest BCUT2D eigenvalue weighted by Gasteiger charge is -2.14. The number of hydrogen-bond donors (Lipinski definition) is 3. The number of nitrogens with zero attached hydrogens (tertiary/aromatic N) is 2. The van der Waals surface area contributed by atoms with Crippen molar-refractivity contribution in [1.29, 1.82) is 0 Å². The summed E-state index contributed by atoms with van der Waals surface area (Å²) >= 11 is 0. The molecule has 9 heteroatoms. The molecule has 0 saturated heterocycles. The zero-order valence-corrected chi connectivity index (χ0v) is 17.2. The molecule has 3 aromatic heterocycles. The van der Waals surface area contributed by atoms with E-state index in [1.165, 1.54) is 0 Å². The van der Waals surface area contributed by atoms with Gasteiger partial charge in [0, 0.05) is 24.1 Å². The van der Waals surface area contributed by atoms with E-state index in [1.807, 2.05) is 6.07 Å². The molecule has 0 spiro atoms. The summed E-state index contributed by atoms with van der Waals surface area (Å²) in [6, 6.07) is 13.4. The molecule has 0 amide bonds. The molecule has 0 radical (unpaired) electrons. The van der Waals surface area contributed by atoms with Crippen molar-refractivity contribution in [2.24, 2.45) is 0 Å². The Morgan fingerprint density at radius 2 is 1.91 bits per heavy atom. The van der Waals surface area contributed by atoms with Crippen LogP contribution in [0.15, 0.2) is 60.9 Å². The number of halogens is 3. The SMILES string of the molecule is FC(F)(F)c1cc(Nc2nc3ccc(Oc4ccnc5[nH]ccc45)cc3[nH]2)ccc1C1CC1. The van der Waals surface area contributed by atoms with Crippen molar-refractivity contribution in [2.45, 2.75) is 24.9 Å². The number of aromatic amines is 2. The molecular formula is C24H18F3N5O. The van der Waals surface area contributed by atoms with Crippen LogP contribution in [-0.2, 0) is 6.18 Å². The van der Waals surface area contributed by atoms with Gasteiger partial charge in [-0.05, 0) is 60.7 Å². The summed E-state index contributed by atoms with van der Waals surface area (Å²) in [7, 11) is 0. The molecular weight excluding hydrogens is 431 g/mol. The number of H-pyrrole nitrogens is 2. The quantitative estimate of drug-likeness (QED) is 0.274. The van der Waals surface area contributed by atoms with E-state index in [4.69, 9.17) is 4.74 Å². The Morgan fingerprint density at radius 3 is 2.73 bits per heavy atom. The molecule has 6 nitrogen and oxygen atoms in total. The Hall–Kier alpha value is -4.01. The first-order valence-electron chi connectivity index (χ1n) is 10.5. The molecule has 1 aliphatic rings. The number of pyridine rings is 1. The van der Waals surface area contributed by atoms with Crippen LogP contribution in [0.3, 0.4) is 0 Å². The maximum absolute atomic E-state index is 13.6. The second-order valence-corrected chi connectivity index (χ2v) is 8.11. The second kappa shape index (κ2) is 7.26. The Bertz CT molecular complexity index is 1480. The summed E-state index contributed by atoms with van der Waals surface area (Å²) in [6.07, 6.45) is 0.669. The lowest BCUT2D eigenvalue weighted by Crippen LogP contribution is -2.09. The largest absolute Gasteiger partial charge is 0.456 e. The monoisotopic (exact) mass is 449 g/mol. The molecule has 166 valence electrons. The topological polar surface area (TPSA) is 78.6 Å². The number of benzene rings is 2. The van der Waals surface area contributed by atoms with E-state index in [0.29, 0.717) is 39.7 Å². The van der Waals surface area contributed by atoms with Crippen molar-refractivity contribution in [3.05, 3.63) is 72.1 Å². The Labute approximate surface area is 185 Å². The highest BCUT2D eigenvalue weighted by Gasteiger charge is 2.38. The van der Waals surface area contributed by atoms with Crippen LogP contribution in [0.2, 0.25) is 0 Å². The number of hydrogen-bond acceptors (Lipinski definition) is 4. The van der Waals surface area contributed by atoms with Gasteiger partial charge in [0.15, 0.2) is 0 Å². The Balaban J connectivity index is 1.27. The van der Waals surface area contributed by atoms with Gasteiger partial charge < -0.3 is 20.0 Å². The van der Waals surface area contributed by atoms with Crippen LogP contribution in [0.1, 0.15) is 29.9 Å². The first kappa shape index (κ1) is 19.7. The minimum Gasteiger partial charge on any atom is -0.456 e. The smallest absolute Gasteiger partial charge is 0.416 e. The van der Waals surface area contributed by atoms with Gasteiger partial charge >= 0.3 is 6.18 Å². The summed E-state index contributed by atoms with van der Waals surface area (Å²) < 4.78 is 46.7. The van der Waals surface area contributed by atoms with E-state index in [-0.39, 0.29) is 5.92 Å². The van der Waals surface area contributed by atoms with Crippen molar-refractivity contribution in [1.82, 2.24) is 19.9 Å². The van der Waals surface area contributed by atoms with E-state index in [1.54, 1.807) is 48.8 Å². The van der Waals surface area contributed by atoms with Crippen LogP contribution in [0.4, 0.5) is 24.8 Å². The number of aromatic nitrogens is 4. The first-order valence-corrected chi connectivity index (χ1v) is 10.5. The van der Waals surface area contributed by atoms with Crippen molar-refractivity contribution in [3.8, 4) is 11.5 Å². The summed E-state index contributed by atoms with van der Waals surface area (Å²) in [4.78, 5) is 14.8. The van der Waals surface area contributed by atoms with Gasteiger partial charge in [-0.25, -0.2) is 9.97 Å². The highest BCUT2D eigenvalue weighted by Crippen LogP contribution is 2.46. The summed E-state index contributed by atoms with van der Waals surface area (Å²) in [5, 5.41) is 3.82. The normalized spacial score (nSPS) is 14.2. The van der Waals surface area contributed by atoms with Crippen LogP contribution >= 0.6 is 0 Å². The number of ether oxygens (including phenoxy) is 1. The zero-order valence-electron chi connectivity index (χ0n) is 17.2. The van der Waals surface area contributed by atoms with Crippen LogP contribution in [0.5, 0.6) is 11.5 Å². The van der Waals surface area contributed by atoms with Crippen LogP contribution in [0.25, 0.3) is 22.1 Å². The lowest BCUT2D eigenvalue weighted by molar-refractivity contribution is -0.138. The first-order chi connectivity index (χ1) is 15.9. The van der Waals surface area contributed by atoms with Crippen molar-refractivity contribution < 1.29 is 17.9 Å². The predicted octanol–water partition coefficient (Wildman–Crippen LogP) is 6.87. The van der Waals surface area contributed by atoms with Gasteiger partial charge in [-0.2, -0.15) is 13.2 Å². The fraction of sp³-hybridized carbons (Fsp3) is 0.167. The molecule has 0 bridgehead atoms. The third-order valence-electron chi connectivity index (χ3n) is 5.74. The lowest BCUT2D eigenvalue weighted by atomic mass is 10.0. The number of alkyl halides is 3. The standard InChI is InChI=1S/C24H18F3N5O/c25-24(26,27)18-11-14(3-5-16(18)13-1-2-13)30-23-31-19-6-4-15(12-20(19)32-23)33-21-8-10-29-22-17(21)7-9-28-22/h3-13H,1-2H2,(H,28,29)(H2,30,31,32). The minimum absolute atomic E-state index is 0.00759. The molecule has 6 rings (SSSR count). The zero-order chi connectivity index (χ0) is 22.6. The third kappa shape index (κ3) is 3.75. The van der Waals surface area contributed by atoms with E-state index in [2.05, 4.69) is 25.3 Å². The summed E-state index contributed by atoms with van der Waals surface area (Å²) in [5.74, 6) is 1.62. The highest BCUT2D eigenvalue weighted by atomic mass is 19.4. The molecule has 0 atom stereocenters. The maximum atomic E-state index is 13.6. The third-order valence-corrected chi connectivity index (χ3v) is 5.74. The van der Waals surface area contributed by atoms with E-state index in [0.717, 1.165) is 29.9 Å². The number of fused-ring (bicyclic) bond motifs is 2. The number of imidazole rings is 1.